The van der Waals surface area contributed by atoms with E-state index in [-0.39, 0.29) is 11.9 Å². The van der Waals surface area contributed by atoms with Gasteiger partial charge >= 0.3 is 5.97 Å². The van der Waals surface area contributed by atoms with E-state index in [9.17, 15) is 14.7 Å². The lowest BCUT2D eigenvalue weighted by atomic mass is 9.85. The van der Waals surface area contributed by atoms with E-state index in [2.05, 4.69) is 4.90 Å². The fourth-order valence-corrected chi connectivity index (χ4v) is 3.71. The quantitative estimate of drug-likeness (QED) is 0.831. The molecule has 1 N–H and O–H groups in total. The summed E-state index contributed by atoms with van der Waals surface area (Å²) in [6.45, 7) is 3.24. The van der Waals surface area contributed by atoms with Crippen LogP contribution in [0, 0.1) is 5.92 Å². The molecule has 1 aliphatic carbocycles. The van der Waals surface area contributed by atoms with E-state index in [0.717, 1.165) is 19.3 Å². The Bertz CT molecular complexity index is 372. The first-order chi connectivity index (χ1) is 9.54. The van der Waals surface area contributed by atoms with Gasteiger partial charge in [-0.3, -0.25) is 14.5 Å². The lowest BCUT2D eigenvalue weighted by Gasteiger charge is -2.33. The number of nitrogens with zero attached hydrogens (tertiary/aromatic N) is 2. The van der Waals surface area contributed by atoms with Gasteiger partial charge in [0.2, 0.25) is 5.91 Å². The lowest BCUT2D eigenvalue weighted by molar-refractivity contribution is -0.143. The molecule has 0 aromatic rings. The maximum Gasteiger partial charge on any atom is 0.320 e. The van der Waals surface area contributed by atoms with Gasteiger partial charge in [-0.25, -0.2) is 0 Å². The summed E-state index contributed by atoms with van der Waals surface area (Å²) in [6.07, 6.45) is 5.83. The number of carboxylic acids is 1. The van der Waals surface area contributed by atoms with Crippen LogP contribution in [0.1, 0.15) is 45.4 Å². The van der Waals surface area contributed by atoms with Crippen LogP contribution in [-0.2, 0) is 9.59 Å². The molecule has 114 valence electrons. The second-order valence-electron chi connectivity index (χ2n) is 6.10. The van der Waals surface area contributed by atoms with Crippen molar-refractivity contribution in [2.75, 3.05) is 20.1 Å². The fourth-order valence-electron chi connectivity index (χ4n) is 3.71. The molecule has 20 heavy (non-hydrogen) atoms. The molecule has 1 saturated carbocycles. The zero-order valence-corrected chi connectivity index (χ0v) is 12.5. The molecule has 1 saturated heterocycles. The predicted molar refractivity (Wildman–Crippen MR) is 76.4 cm³/mol. The van der Waals surface area contributed by atoms with Gasteiger partial charge < -0.3 is 10.0 Å². The minimum Gasteiger partial charge on any atom is -0.480 e. The molecule has 1 amide bonds. The average molecular weight is 282 g/mol. The van der Waals surface area contributed by atoms with Crippen molar-refractivity contribution >= 4 is 11.9 Å². The van der Waals surface area contributed by atoms with E-state index in [0.29, 0.717) is 31.5 Å². The first-order valence-corrected chi connectivity index (χ1v) is 7.77. The molecule has 1 aliphatic heterocycles. The van der Waals surface area contributed by atoms with E-state index in [1.165, 1.54) is 12.8 Å². The van der Waals surface area contributed by atoms with Crippen LogP contribution in [0.2, 0.25) is 0 Å². The van der Waals surface area contributed by atoms with E-state index in [1.807, 2.05) is 6.92 Å². The molecule has 3 atom stereocenters. The Morgan fingerprint density at radius 3 is 2.65 bits per heavy atom. The Kier molecular flexibility index (Phi) is 5.02. The van der Waals surface area contributed by atoms with Crippen LogP contribution in [0.5, 0.6) is 0 Å². The number of rotatable bonds is 5. The highest BCUT2D eigenvalue weighted by molar-refractivity contribution is 5.76. The number of likely N-dealkylation sites (tertiary alicyclic amines) is 1. The molecule has 2 fully saturated rings. The van der Waals surface area contributed by atoms with Gasteiger partial charge in [0.15, 0.2) is 0 Å². The van der Waals surface area contributed by atoms with Crippen LogP contribution in [0.15, 0.2) is 0 Å². The molecule has 5 nitrogen and oxygen atoms in total. The fraction of sp³-hybridized carbons (Fsp3) is 0.867. The summed E-state index contributed by atoms with van der Waals surface area (Å²) in [5.41, 5.74) is 0. The van der Waals surface area contributed by atoms with Gasteiger partial charge in [-0.05, 0) is 32.1 Å². The monoisotopic (exact) mass is 282 g/mol. The van der Waals surface area contributed by atoms with E-state index in [1.54, 1.807) is 11.9 Å². The Morgan fingerprint density at radius 1 is 1.30 bits per heavy atom. The number of carbonyl (C=O) groups excluding carboxylic acids is 1. The van der Waals surface area contributed by atoms with Crippen LogP contribution < -0.4 is 0 Å². The van der Waals surface area contributed by atoms with Gasteiger partial charge in [-0.15, -0.1) is 0 Å². The van der Waals surface area contributed by atoms with Crippen molar-refractivity contribution in [2.45, 2.75) is 57.5 Å². The number of fused-ring (bicyclic) bond motifs is 1. The van der Waals surface area contributed by atoms with Crippen molar-refractivity contribution in [3.8, 4) is 0 Å². The Hall–Kier alpha value is -1.10. The van der Waals surface area contributed by atoms with Crippen LogP contribution in [-0.4, -0.2) is 59.0 Å². The molecule has 2 rings (SSSR count). The zero-order chi connectivity index (χ0) is 14.7. The predicted octanol–water partition coefficient (Wildman–Crippen LogP) is 1.57. The SMILES string of the molecule is CCN(C)C(=O)CCN1C(C(=O)O)CC2CCCCC21. The number of hydrogen-bond acceptors (Lipinski definition) is 3. The van der Waals surface area contributed by atoms with Crippen LogP contribution >= 0.6 is 0 Å². The maximum absolute atomic E-state index is 11.9. The summed E-state index contributed by atoms with van der Waals surface area (Å²) in [5.74, 6) is -0.101. The molecular weight excluding hydrogens is 256 g/mol. The van der Waals surface area contributed by atoms with Crippen molar-refractivity contribution in [1.82, 2.24) is 9.80 Å². The second-order valence-corrected chi connectivity index (χ2v) is 6.10. The molecule has 1 heterocycles. The average Bonchev–Trinajstić information content (AvgIpc) is 2.82. The molecule has 0 aromatic heterocycles. The standard InChI is InChI=1S/C15H26N2O3/c1-3-16(2)14(18)8-9-17-12-7-5-4-6-11(12)10-13(17)15(19)20/h11-13H,3-10H2,1-2H3,(H,19,20). The third-order valence-electron chi connectivity index (χ3n) is 4.99. The molecule has 2 aliphatic rings. The summed E-state index contributed by atoms with van der Waals surface area (Å²) in [4.78, 5) is 27.2. The molecule has 3 unspecified atom stereocenters. The van der Waals surface area contributed by atoms with Gasteiger partial charge in [0.05, 0.1) is 0 Å². The lowest BCUT2D eigenvalue weighted by Crippen LogP contribution is -2.44. The van der Waals surface area contributed by atoms with E-state index in [4.69, 9.17) is 0 Å². The number of aliphatic carboxylic acids is 1. The summed E-state index contributed by atoms with van der Waals surface area (Å²) in [7, 11) is 1.80. The Morgan fingerprint density at radius 2 is 2.00 bits per heavy atom. The highest BCUT2D eigenvalue weighted by atomic mass is 16.4. The first-order valence-electron chi connectivity index (χ1n) is 7.77. The van der Waals surface area contributed by atoms with Gasteiger partial charge in [0.1, 0.15) is 6.04 Å². The minimum absolute atomic E-state index is 0.107. The summed E-state index contributed by atoms with van der Waals surface area (Å²) < 4.78 is 0. The molecule has 5 heteroatoms. The first kappa shape index (κ1) is 15.3. The van der Waals surface area contributed by atoms with Crippen molar-refractivity contribution in [2.24, 2.45) is 5.92 Å². The van der Waals surface area contributed by atoms with Crippen molar-refractivity contribution < 1.29 is 14.7 Å². The molecule has 0 spiro atoms. The Balaban J connectivity index is 1.98. The maximum atomic E-state index is 11.9. The number of carboxylic acid groups (broad SMARTS) is 1. The van der Waals surface area contributed by atoms with Crippen molar-refractivity contribution in [3.63, 3.8) is 0 Å². The van der Waals surface area contributed by atoms with Crippen LogP contribution in [0.25, 0.3) is 0 Å². The molecular formula is C15H26N2O3. The third-order valence-corrected chi connectivity index (χ3v) is 4.99. The summed E-state index contributed by atoms with van der Waals surface area (Å²) in [6, 6.07) is -0.00702. The molecule has 0 bridgehead atoms. The molecule has 0 radical (unpaired) electrons. The smallest absolute Gasteiger partial charge is 0.320 e. The van der Waals surface area contributed by atoms with Gasteiger partial charge in [-0.1, -0.05) is 12.8 Å². The normalized spacial score (nSPS) is 30.0. The zero-order valence-electron chi connectivity index (χ0n) is 12.5. The topological polar surface area (TPSA) is 60.9 Å². The van der Waals surface area contributed by atoms with Crippen molar-refractivity contribution in [3.05, 3.63) is 0 Å². The second kappa shape index (κ2) is 6.57. The highest BCUT2D eigenvalue weighted by Gasteiger charge is 2.44. The minimum atomic E-state index is -0.726. The van der Waals surface area contributed by atoms with Crippen LogP contribution in [0.4, 0.5) is 0 Å². The number of hydrogen-bond donors (Lipinski definition) is 1. The summed E-state index contributed by atoms with van der Waals surface area (Å²) in [5, 5.41) is 9.41. The Labute approximate surface area is 120 Å². The van der Waals surface area contributed by atoms with Gasteiger partial charge in [-0.2, -0.15) is 0 Å². The van der Waals surface area contributed by atoms with Crippen LogP contribution in [0.3, 0.4) is 0 Å². The largest absolute Gasteiger partial charge is 0.480 e. The third kappa shape index (κ3) is 3.14. The van der Waals surface area contributed by atoms with E-state index < -0.39 is 5.97 Å². The van der Waals surface area contributed by atoms with Gasteiger partial charge in [0.25, 0.3) is 0 Å². The highest BCUT2D eigenvalue weighted by Crippen LogP contribution is 2.39. The van der Waals surface area contributed by atoms with E-state index >= 15 is 0 Å². The van der Waals surface area contributed by atoms with Gasteiger partial charge in [0, 0.05) is 32.6 Å². The van der Waals surface area contributed by atoms with Crippen molar-refractivity contribution in [1.29, 1.82) is 0 Å². The summed E-state index contributed by atoms with van der Waals surface area (Å²) >= 11 is 0. The molecule has 0 aromatic carbocycles. The number of amides is 1. The number of carbonyl (C=O) groups is 2.